The molecule has 1 aromatic rings. The van der Waals surface area contributed by atoms with Crippen LogP contribution in [-0.4, -0.2) is 69.1 Å². The van der Waals surface area contributed by atoms with Crippen LogP contribution in [0.4, 0.5) is 4.79 Å². The predicted molar refractivity (Wildman–Crippen MR) is 114 cm³/mol. The topological polar surface area (TPSA) is 122 Å². The zero-order valence-corrected chi connectivity index (χ0v) is 18.0. The quantitative estimate of drug-likeness (QED) is 0.634. The molecule has 1 saturated heterocycles. The lowest BCUT2D eigenvalue weighted by Crippen LogP contribution is -2.55. The lowest BCUT2D eigenvalue weighted by atomic mass is 10.0. The number of carbonyl (C=O) groups excluding carboxylic acids is 3. The van der Waals surface area contributed by atoms with Gasteiger partial charge in [-0.15, -0.1) is 0 Å². The zero-order valence-electron chi connectivity index (χ0n) is 17.2. The third kappa shape index (κ3) is 6.90. The maximum absolute atomic E-state index is 12.9. The lowest BCUT2D eigenvalue weighted by Gasteiger charge is -2.29. The van der Waals surface area contributed by atoms with Crippen molar-refractivity contribution in [3.05, 3.63) is 47.7 Å². The van der Waals surface area contributed by atoms with Crippen LogP contribution in [0.1, 0.15) is 24.8 Å². The second-order valence-corrected chi connectivity index (χ2v) is 9.67. The summed E-state index contributed by atoms with van der Waals surface area (Å²) in [6, 6.07) is 6.74. The Labute approximate surface area is 181 Å². The number of Topliss-reactive ketones (excluding diaryl/α,β-unsaturated/α-hetero) is 1. The van der Waals surface area contributed by atoms with Crippen LogP contribution < -0.4 is 10.6 Å². The van der Waals surface area contributed by atoms with E-state index in [2.05, 4.69) is 10.6 Å². The fourth-order valence-corrected chi connectivity index (χ4v) is 4.99. The van der Waals surface area contributed by atoms with Crippen LogP contribution in [0.3, 0.4) is 0 Å². The molecule has 1 atom stereocenters. The van der Waals surface area contributed by atoms with Gasteiger partial charge < -0.3 is 20.3 Å². The molecule has 2 aliphatic rings. The predicted octanol–water partition coefficient (Wildman–Crippen LogP) is 0.765. The standard InChI is InChI=1S/C21H27N3O6S/c25-19-9-5-4-8-17(19)22-20(26)18(23-21(27)24-10-12-30-13-11-24)15-31(28,29)14-16-6-2-1-3-7-16/h1-3,6-8,18H,4-5,9-15H2,(H,22,26)(H,23,27). The molecule has 10 heteroatoms. The monoisotopic (exact) mass is 449 g/mol. The summed E-state index contributed by atoms with van der Waals surface area (Å²) in [6.07, 6.45) is 3.31. The average Bonchev–Trinajstić information content (AvgIpc) is 2.75. The van der Waals surface area contributed by atoms with Crippen molar-refractivity contribution in [2.75, 3.05) is 32.1 Å². The molecule has 31 heavy (non-hydrogen) atoms. The van der Waals surface area contributed by atoms with Crippen LogP contribution in [0.2, 0.25) is 0 Å². The van der Waals surface area contributed by atoms with Gasteiger partial charge in [0.15, 0.2) is 15.6 Å². The summed E-state index contributed by atoms with van der Waals surface area (Å²) in [5.41, 5.74) is 0.744. The van der Waals surface area contributed by atoms with E-state index in [-0.39, 0.29) is 17.2 Å². The number of amides is 3. The number of benzene rings is 1. The van der Waals surface area contributed by atoms with Crippen molar-refractivity contribution in [3.8, 4) is 0 Å². The number of nitrogens with zero attached hydrogens (tertiary/aromatic N) is 1. The van der Waals surface area contributed by atoms with Crippen molar-refractivity contribution in [2.45, 2.75) is 31.1 Å². The van der Waals surface area contributed by atoms with Crippen LogP contribution >= 0.6 is 0 Å². The van der Waals surface area contributed by atoms with E-state index in [1.54, 1.807) is 36.4 Å². The van der Waals surface area contributed by atoms with E-state index in [9.17, 15) is 22.8 Å². The maximum Gasteiger partial charge on any atom is 0.318 e. The van der Waals surface area contributed by atoms with Crippen molar-refractivity contribution < 1.29 is 27.5 Å². The van der Waals surface area contributed by atoms with Crippen LogP contribution in [0.15, 0.2) is 42.1 Å². The normalized spacial score (nSPS) is 18.1. The minimum atomic E-state index is -3.73. The summed E-state index contributed by atoms with van der Waals surface area (Å²) in [4.78, 5) is 39.0. The molecule has 3 amide bonds. The van der Waals surface area contributed by atoms with Crippen LogP contribution in [-0.2, 0) is 29.9 Å². The first-order valence-corrected chi connectivity index (χ1v) is 12.1. The Morgan fingerprint density at radius 2 is 1.84 bits per heavy atom. The Bertz CT molecular complexity index is 939. The third-order valence-electron chi connectivity index (χ3n) is 5.08. The lowest BCUT2D eigenvalue weighted by molar-refractivity contribution is -0.124. The summed E-state index contributed by atoms with van der Waals surface area (Å²) in [5, 5.41) is 5.05. The van der Waals surface area contributed by atoms with Gasteiger partial charge in [0.05, 0.1) is 30.4 Å². The van der Waals surface area contributed by atoms with E-state index >= 15 is 0 Å². The molecule has 9 nitrogen and oxygen atoms in total. The summed E-state index contributed by atoms with van der Waals surface area (Å²) in [7, 11) is -3.73. The molecule has 1 fully saturated rings. The average molecular weight is 450 g/mol. The van der Waals surface area contributed by atoms with Crippen molar-refractivity contribution in [3.63, 3.8) is 0 Å². The maximum atomic E-state index is 12.9. The number of rotatable bonds is 7. The summed E-state index contributed by atoms with van der Waals surface area (Å²) in [5.74, 6) is -1.76. The number of ketones is 1. The molecular formula is C21H27N3O6S. The first-order chi connectivity index (χ1) is 14.8. The van der Waals surface area contributed by atoms with Gasteiger partial charge in [0.25, 0.3) is 0 Å². The Hall–Kier alpha value is -2.72. The van der Waals surface area contributed by atoms with Gasteiger partial charge in [-0.25, -0.2) is 13.2 Å². The van der Waals surface area contributed by atoms with E-state index < -0.39 is 33.6 Å². The fraction of sp³-hybridized carbons (Fsp3) is 0.476. The minimum Gasteiger partial charge on any atom is -0.378 e. The molecule has 1 heterocycles. The molecule has 0 bridgehead atoms. The van der Waals surface area contributed by atoms with Gasteiger partial charge in [-0.2, -0.15) is 0 Å². The minimum absolute atomic E-state index is 0.155. The SMILES string of the molecule is O=C1CCCC=C1NC(=O)C(CS(=O)(=O)Cc1ccccc1)NC(=O)N1CCOCC1. The van der Waals surface area contributed by atoms with E-state index in [0.717, 1.165) is 0 Å². The molecule has 1 aliphatic heterocycles. The third-order valence-corrected chi connectivity index (χ3v) is 6.69. The molecule has 0 aromatic heterocycles. The second-order valence-electron chi connectivity index (χ2n) is 7.56. The van der Waals surface area contributed by atoms with Crippen LogP contribution in [0, 0.1) is 0 Å². The van der Waals surface area contributed by atoms with Gasteiger partial charge in [0.1, 0.15) is 6.04 Å². The van der Waals surface area contributed by atoms with E-state index in [1.807, 2.05) is 0 Å². The number of morpholine rings is 1. The highest BCUT2D eigenvalue weighted by atomic mass is 32.2. The highest BCUT2D eigenvalue weighted by Crippen LogP contribution is 2.13. The van der Waals surface area contributed by atoms with E-state index in [0.29, 0.717) is 51.1 Å². The molecule has 2 N–H and O–H groups in total. The highest BCUT2D eigenvalue weighted by Gasteiger charge is 2.31. The fourth-order valence-electron chi connectivity index (χ4n) is 3.43. The molecule has 0 radical (unpaired) electrons. The first-order valence-electron chi connectivity index (χ1n) is 10.3. The van der Waals surface area contributed by atoms with Crippen molar-refractivity contribution in [2.24, 2.45) is 0 Å². The number of urea groups is 1. The summed E-state index contributed by atoms with van der Waals surface area (Å²) in [6.45, 7) is 1.44. The summed E-state index contributed by atoms with van der Waals surface area (Å²) < 4.78 is 30.8. The smallest absolute Gasteiger partial charge is 0.318 e. The number of carbonyl (C=O) groups is 3. The highest BCUT2D eigenvalue weighted by molar-refractivity contribution is 7.90. The number of ether oxygens (including phenoxy) is 1. The molecule has 168 valence electrons. The van der Waals surface area contributed by atoms with Gasteiger partial charge >= 0.3 is 6.03 Å². The Kier molecular flexibility index (Phi) is 7.80. The van der Waals surface area contributed by atoms with Gasteiger partial charge in [-0.1, -0.05) is 36.4 Å². The summed E-state index contributed by atoms with van der Waals surface area (Å²) >= 11 is 0. The first kappa shape index (κ1) is 23.0. The molecule has 1 aliphatic carbocycles. The largest absolute Gasteiger partial charge is 0.378 e. The van der Waals surface area contributed by atoms with Crippen molar-refractivity contribution in [1.29, 1.82) is 0 Å². The Balaban J connectivity index is 1.73. The van der Waals surface area contributed by atoms with Gasteiger partial charge in [-0.3, -0.25) is 9.59 Å². The van der Waals surface area contributed by atoms with Crippen LogP contribution in [0.5, 0.6) is 0 Å². The number of nitrogens with one attached hydrogen (secondary N) is 2. The number of sulfone groups is 1. The zero-order chi connectivity index (χ0) is 22.3. The van der Waals surface area contributed by atoms with Gasteiger partial charge in [0, 0.05) is 19.5 Å². The van der Waals surface area contributed by atoms with E-state index in [4.69, 9.17) is 4.74 Å². The molecule has 0 spiro atoms. The molecular weight excluding hydrogens is 422 g/mol. The van der Waals surface area contributed by atoms with Crippen LogP contribution in [0.25, 0.3) is 0 Å². The number of allylic oxidation sites excluding steroid dienone is 2. The number of hydrogen-bond donors (Lipinski definition) is 2. The molecule has 1 aromatic carbocycles. The van der Waals surface area contributed by atoms with E-state index in [1.165, 1.54) is 4.90 Å². The van der Waals surface area contributed by atoms with Crippen molar-refractivity contribution in [1.82, 2.24) is 15.5 Å². The molecule has 3 rings (SSSR count). The van der Waals surface area contributed by atoms with Gasteiger partial charge in [0.2, 0.25) is 5.91 Å². The number of hydrogen-bond acceptors (Lipinski definition) is 6. The Morgan fingerprint density at radius 1 is 1.13 bits per heavy atom. The molecule has 0 saturated carbocycles. The second kappa shape index (κ2) is 10.5. The molecule has 1 unspecified atom stereocenters. The van der Waals surface area contributed by atoms with Crippen molar-refractivity contribution >= 4 is 27.6 Å². The van der Waals surface area contributed by atoms with Gasteiger partial charge in [-0.05, 0) is 18.4 Å². The Morgan fingerprint density at radius 3 is 2.52 bits per heavy atom.